The highest BCUT2D eigenvalue weighted by molar-refractivity contribution is 7.15. The van der Waals surface area contributed by atoms with E-state index in [1.54, 1.807) is 0 Å². The van der Waals surface area contributed by atoms with E-state index in [0.717, 1.165) is 24.4 Å². The van der Waals surface area contributed by atoms with Crippen LogP contribution in [0.4, 0.5) is 5.13 Å². The van der Waals surface area contributed by atoms with Crippen molar-refractivity contribution in [2.75, 3.05) is 32.0 Å². The van der Waals surface area contributed by atoms with E-state index in [1.165, 1.54) is 11.3 Å². The van der Waals surface area contributed by atoms with Crippen LogP contribution < -0.4 is 16.4 Å². The number of nitrogens with zero attached hydrogens (tertiary/aromatic N) is 2. The van der Waals surface area contributed by atoms with Gasteiger partial charge >= 0.3 is 0 Å². The van der Waals surface area contributed by atoms with Gasteiger partial charge in [0.25, 0.3) is 0 Å². The summed E-state index contributed by atoms with van der Waals surface area (Å²) in [5, 5.41) is 15.0. The van der Waals surface area contributed by atoms with Crippen LogP contribution in [0.1, 0.15) is 11.4 Å². The molecule has 0 saturated carbocycles. The first-order chi connectivity index (χ1) is 8.75. The molecule has 19 heavy (non-hydrogen) atoms. The number of hydrogen-bond donors (Lipinski definition) is 3. The van der Waals surface area contributed by atoms with Crippen LogP contribution in [0.3, 0.4) is 0 Å². The quantitative estimate of drug-likeness (QED) is 0.639. The third-order valence-corrected chi connectivity index (χ3v) is 3.38. The molecule has 1 fully saturated rings. The lowest BCUT2D eigenvalue weighted by Crippen LogP contribution is -2.48. The Morgan fingerprint density at radius 2 is 2.42 bits per heavy atom. The molecule has 1 aromatic rings. The first kappa shape index (κ1) is 16.1. The number of amides is 1. The Morgan fingerprint density at radius 3 is 3.05 bits per heavy atom. The van der Waals surface area contributed by atoms with Crippen molar-refractivity contribution in [3.8, 4) is 0 Å². The molecule has 108 valence electrons. The van der Waals surface area contributed by atoms with Crippen LogP contribution in [-0.2, 0) is 16.0 Å². The summed E-state index contributed by atoms with van der Waals surface area (Å²) in [6.45, 7) is 2.58. The van der Waals surface area contributed by atoms with E-state index in [2.05, 4.69) is 20.8 Å². The summed E-state index contributed by atoms with van der Waals surface area (Å²) in [4.78, 5) is 11.7. The van der Waals surface area contributed by atoms with Gasteiger partial charge in [-0.25, -0.2) is 0 Å². The van der Waals surface area contributed by atoms with Crippen molar-refractivity contribution in [2.45, 2.75) is 18.9 Å². The van der Waals surface area contributed by atoms with Crippen molar-refractivity contribution in [2.24, 2.45) is 0 Å². The fourth-order valence-corrected chi connectivity index (χ4v) is 2.32. The Bertz CT molecular complexity index is 397. The molecule has 1 atom stereocenters. The summed E-state index contributed by atoms with van der Waals surface area (Å²) in [7, 11) is 0. The fourth-order valence-electron chi connectivity index (χ4n) is 1.67. The average molecular weight is 308 g/mol. The average Bonchev–Trinajstić information content (AvgIpc) is 2.81. The molecule has 1 amide bonds. The second-order valence-electron chi connectivity index (χ2n) is 3.99. The number of nitrogen functional groups attached to an aromatic ring is 1. The highest BCUT2D eigenvalue weighted by atomic mass is 35.5. The van der Waals surface area contributed by atoms with Crippen molar-refractivity contribution >= 4 is 34.8 Å². The summed E-state index contributed by atoms with van der Waals surface area (Å²) >= 11 is 1.38. The molecule has 0 spiro atoms. The molecule has 0 bridgehead atoms. The summed E-state index contributed by atoms with van der Waals surface area (Å²) in [6, 6.07) is 0. The molecule has 0 aliphatic carbocycles. The monoisotopic (exact) mass is 307 g/mol. The number of aryl methyl sites for hydroxylation is 1. The maximum Gasteiger partial charge on any atom is 0.250 e. The molecule has 1 unspecified atom stereocenters. The second kappa shape index (κ2) is 8.26. The predicted molar refractivity (Wildman–Crippen MR) is 75.5 cm³/mol. The molecule has 1 aliphatic heterocycles. The molecule has 1 aliphatic rings. The lowest BCUT2D eigenvalue weighted by atomic mass is 10.2. The number of hydrogen-bond acceptors (Lipinski definition) is 7. The first-order valence-corrected chi connectivity index (χ1v) is 6.75. The Hall–Kier alpha value is -0.960. The first-order valence-electron chi connectivity index (χ1n) is 5.93. The van der Waals surface area contributed by atoms with Crippen LogP contribution in [0, 0.1) is 0 Å². The minimum atomic E-state index is -0.365. The zero-order valence-corrected chi connectivity index (χ0v) is 12.1. The molecular weight excluding hydrogens is 290 g/mol. The minimum absolute atomic E-state index is 0. The number of nitrogens with one attached hydrogen (secondary N) is 2. The third kappa shape index (κ3) is 5.27. The number of halogens is 1. The van der Waals surface area contributed by atoms with Gasteiger partial charge < -0.3 is 21.1 Å². The standard InChI is InChI=1S/C10H17N5O2S.ClH/c11-10-15-14-8(18-10)2-1-3-13-9(16)7-6-12-4-5-17-7;/h7,12H,1-6H2,(H2,11,15)(H,13,16);1H. The predicted octanol–water partition coefficient (Wildman–Crippen LogP) is -0.421. The van der Waals surface area contributed by atoms with E-state index >= 15 is 0 Å². The van der Waals surface area contributed by atoms with Gasteiger partial charge in [0.05, 0.1) is 6.61 Å². The molecular formula is C10H18ClN5O2S. The van der Waals surface area contributed by atoms with Gasteiger partial charge in [0.15, 0.2) is 0 Å². The molecule has 2 rings (SSSR count). The zero-order chi connectivity index (χ0) is 12.8. The van der Waals surface area contributed by atoms with Gasteiger partial charge in [0, 0.05) is 26.1 Å². The molecule has 1 saturated heterocycles. The second-order valence-corrected chi connectivity index (χ2v) is 5.09. The topological polar surface area (TPSA) is 102 Å². The number of anilines is 1. The van der Waals surface area contributed by atoms with Crippen LogP contribution in [-0.4, -0.2) is 48.4 Å². The SMILES string of the molecule is Cl.Nc1nnc(CCCNC(=O)C2CNCCO2)s1. The van der Waals surface area contributed by atoms with Crippen LogP contribution in [0.5, 0.6) is 0 Å². The molecule has 9 heteroatoms. The van der Waals surface area contributed by atoms with E-state index in [1.807, 2.05) is 0 Å². The van der Waals surface area contributed by atoms with Gasteiger partial charge in [-0.3, -0.25) is 4.79 Å². The number of aromatic nitrogens is 2. The molecule has 2 heterocycles. The summed E-state index contributed by atoms with van der Waals surface area (Å²) in [5.41, 5.74) is 5.48. The Morgan fingerprint density at radius 1 is 1.58 bits per heavy atom. The largest absolute Gasteiger partial charge is 0.374 e. The van der Waals surface area contributed by atoms with E-state index < -0.39 is 0 Å². The van der Waals surface area contributed by atoms with Crippen LogP contribution in [0.2, 0.25) is 0 Å². The van der Waals surface area contributed by atoms with E-state index in [4.69, 9.17) is 10.5 Å². The van der Waals surface area contributed by atoms with Gasteiger partial charge in [-0.2, -0.15) is 0 Å². The number of carbonyl (C=O) groups is 1. The van der Waals surface area contributed by atoms with Crippen molar-refractivity contribution in [3.63, 3.8) is 0 Å². The number of morpholine rings is 1. The number of carbonyl (C=O) groups excluding carboxylic acids is 1. The van der Waals surface area contributed by atoms with Crippen molar-refractivity contribution in [1.82, 2.24) is 20.8 Å². The van der Waals surface area contributed by atoms with Crippen molar-refractivity contribution in [3.05, 3.63) is 5.01 Å². The van der Waals surface area contributed by atoms with Gasteiger partial charge in [0.2, 0.25) is 11.0 Å². The lowest BCUT2D eigenvalue weighted by Gasteiger charge is -2.22. The smallest absolute Gasteiger partial charge is 0.250 e. The maximum atomic E-state index is 11.7. The Balaban J connectivity index is 0.00000180. The van der Waals surface area contributed by atoms with E-state index in [-0.39, 0.29) is 24.4 Å². The fraction of sp³-hybridized carbons (Fsp3) is 0.700. The van der Waals surface area contributed by atoms with Crippen LogP contribution in [0.25, 0.3) is 0 Å². The van der Waals surface area contributed by atoms with Gasteiger partial charge in [-0.15, -0.1) is 22.6 Å². The molecule has 7 nitrogen and oxygen atoms in total. The molecule has 4 N–H and O–H groups in total. The Labute approximate surface area is 121 Å². The van der Waals surface area contributed by atoms with Gasteiger partial charge in [-0.1, -0.05) is 11.3 Å². The highest BCUT2D eigenvalue weighted by Crippen LogP contribution is 2.12. The summed E-state index contributed by atoms with van der Waals surface area (Å²) in [6.07, 6.45) is 1.23. The number of nitrogens with two attached hydrogens (primary N) is 1. The maximum absolute atomic E-state index is 11.7. The van der Waals surface area contributed by atoms with E-state index in [9.17, 15) is 4.79 Å². The van der Waals surface area contributed by atoms with Gasteiger partial charge in [0.1, 0.15) is 11.1 Å². The number of rotatable bonds is 5. The summed E-state index contributed by atoms with van der Waals surface area (Å²) in [5.74, 6) is -0.0565. The molecule has 1 aromatic heterocycles. The van der Waals surface area contributed by atoms with Crippen molar-refractivity contribution < 1.29 is 9.53 Å². The summed E-state index contributed by atoms with van der Waals surface area (Å²) < 4.78 is 5.35. The minimum Gasteiger partial charge on any atom is -0.374 e. The normalized spacial score (nSPS) is 18.6. The third-order valence-electron chi connectivity index (χ3n) is 2.57. The highest BCUT2D eigenvalue weighted by Gasteiger charge is 2.20. The van der Waals surface area contributed by atoms with E-state index in [0.29, 0.717) is 24.8 Å². The lowest BCUT2D eigenvalue weighted by molar-refractivity contribution is -0.134. The van der Waals surface area contributed by atoms with Crippen LogP contribution in [0.15, 0.2) is 0 Å². The Kier molecular flexibility index (Phi) is 7.00. The number of ether oxygens (including phenoxy) is 1. The van der Waals surface area contributed by atoms with Crippen LogP contribution >= 0.6 is 23.7 Å². The molecule has 0 aromatic carbocycles. The van der Waals surface area contributed by atoms with Crippen molar-refractivity contribution in [1.29, 1.82) is 0 Å². The molecule has 0 radical (unpaired) electrons. The van der Waals surface area contributed by atoms with Gasteiger partial charge in [-0.05, 0) is 6.42 Å². The zero-order valence-electron chi connectivity index (χ0n) is 10.4.